The zero-order valence-electron chi connectivity index (χ0n) is 27.6. The summed E-state index contributed by atoms with van der Waals surface area (Å²) < 4.78 is 0. The number of rotatable bonds is 5. The van der Waals surface area contributed by atoms with Gasteiger partial charge < -0.3 is 15.1 Å². The van der Waals surface area contributed by atoms with Crippen molar-refractivity contribution in [2.45, 2.75) is 0 Å². The minimum Gasteiger partial charge on any atom is -0.502 e. The van der Waals surface area contributed by atoms with Gasteiger partial charge in [0.15, 0.2) is 5.75 Å². The van der Waals surface area contributed by atoms with Crippen molar-refractivity contribution in [2.24, 2.45) is 0 Å². The highest BCUT2D eigenvalue weighted by molar-refractivity contribution is 5.99. The first-order valence-electron chi connectivity index (χ1n) is 16.8. The number of hydrogen-bond acceptors (Lipinski definition) is 5. The first-order valence-corrected chi connectivity index (χ1v) is 16.8. The molecule has 0 fully saturated rings. The summed E-state index contributed by atoms with van der Waals surface area (Å²) >= 11 is 0. The van der Waals surface area contributed by atoms with Crippen molar-refractivity contribution in [3.8, 4) is 50.3 Å². The molecule has 52 heavy (non-hydrogen) atoms. The van der Waals surface area contributed by atoms with Crippen molar-refractivity contribution >= 4 is 52.1 Å². The van der Waals surface area contributed by atoms with E-state index in [0.717, 1.165) is 72.5 Å². The fourth-order valence-electron chi connectivity index (χ4n) is 7.07. The first kappa shape index (κ1) is 30.7. The van der Waals surface area contributed by atoms with Crippen LogP contribution >= 0.6 is 0 Å². The topological polar surface area (TPSA) is 121 Å². The van der Waals surface area contributed by atoms with Gasteiger partial charge in [0, 0.05) is 50.4 Å². The fraction of sp³-hybridized carbons (Fsp3) is 0. The summed E-state index contributed by atoms with van der Waals surface area (Å²) in [6.07, 6.45) is 8.04. The Morgan fingerprint density at radius 1 is 0.462 bits per heavy atom. The maximum absolute atomic E-state index is 11.6. The Balaban J connectivity index is 1.47. The number of nitrogens with one attached hydrogen (secondary N) is 2. The lowest BCUT2D eigenvalue weighted by Crippen LogP contribution is -1.91. The molecular weight excluding hydrogens is 647 g/mol. The normalized spacial score (nSPS) is 11.9. The number of phenols is 1. The van der Waals surface area contributed by atoms with Crippen LogP contribution in [0.25, 0.3) is 90.9 Å². The van der Waals surface area contributed by atoms with E-state index in [-0.39, 0.29) is 5.69 Å². The van der Waals surface area contributed by atoms with E-state index < -0.39 is 10.7 Å². The number of phenolic OH excluding ortho intramolecular Hbond substituents is 1. The van der Waals surface area contributed by atoms with Crippen LogP contribution in [0.4, 0.5) is 5.69 Å². The molecule has 2 aliphatic heterocycles. The van der Waals surface area contributed by atoms with Gasteiger partial charge in [-0.3, -0.25) is 10.1 Å². The molecule has 0 aliphatic carbocycles. The van der Waals surface area contributed by atoms with E-state index in [1.165, 1.54) is 12.1 Å². The first-order chi connectivity index (χ1) is 25.5. The van der Waals surface area contributed by atoms with Gasteiger partial charge in [0.05, 0.1) is 27.7 Å². The number of aromatic hydroxyl groups is 1. The van der Waals surface area contributed by atoms with E-state index in [9.17, 15) is 15.2 Å². The van der Waals surface area contributed by atoms with Crippen LogP contribution in [0.1, 0.15) is 22.8 Å². The van der Waals surface area contributed by atoms with Gasteiger partial charge in [0.2, 0.25) is 0 Å². The van der Waals surface area contributed by atoms with Crippen molar-refractivity contribution in [1.82, 2.24) is 19.9 Å². The predicted molar refractivity (Wildman–Crippen MR) is 209 cm³/mol. The van der Waals surface area contributed by atoms with Crippen molar-refractivity contribution in [3.63, 3.8) is 0 Å². The Bertz CT molecular complexity index is 2730. The monoisotopic (exact) mass is 675 g/mol. The van der Waals surface area contributed by atoms with Gasteiger partial charge in [-0.2, -0.15) is 0 Å². The summed E-state index contributed by atoms with van der Waals surface area (Å²) in [7, 11) is 0. The molecule has 8 nitrogen and oxygen atoms in total. The largest absolute Gasteiger partial charge is 0.502 e. The molecule has 9 rings (SSSR count). The number of nitrogens with zero attached hydrogens (tertiary/aromatic N) is 3. The standard InChI is InChI=1S/C44H29N5O3/c50-40-26-30(16-25-39(40)49(51)52)44-37-23-21-35(47-37)42(28-12-6-2-7-13-28)33-19-17-31(45-33)41(27-10-4-1-5-11-27)32-18-20-34(46-32)43(29-14-8-3-9-15-29)36-22-24-38(44)48-36/h1-26,45,48,50H. The molecule has 0 unspecified atom stereocenters. The highest BCUT2D eigenvalue weighted by atomic mass is 16.6. The zero-order valence-corrected chi connectivity index (χ0v) is 27.6. The van der Waals surface area contributed by atoms with Gasteiger partial charge in [0.25, 0.3) is 0 Å². The van der Waals surface area contributed by atoms with Crippen LogP contribution in [0.15, 0.2) is 133 Å². The Morgan fingerprint density at radius 3 is 1.13 bits per heavy atom. The molecule has 0 spiro atoms. The Kier molecular flexibility index (Phi) is 7.40. The number of aromatic amines is 2. The summed E-state index contributed by atoms with van der Waals surface area (Å²) in [6.45, 7) is 0. The quantitative estimate of drug-likeness (QED) is 0.124. The van der Waals surface area contributed by atoms with Gasteiger partial charge in [-0.25, -0.2) is 9.97 Å². The summed E-state index contributed by atoms with van der Waals surface area (Å²) in [5.74, 6) is -0.424. The van der Waals surface area contributed by atoms with Crippen LogP contribution in [0.3, 0.4) is 0 Å². The van der Waals surface area contributed by atoms with Gasteiger partial charge in [0.1, 0.15) is 0 Å². The smallest absolute Gasteiger partial charge is 0.310 e. The molecule has 0 saturated carbocycles. The number of hydrogen-bond donors (Lipinski definition) is 3. The SMILES string of the molecule is O=[N+]([O-])c1ccc(-c2c3nc(c(-c4ccccc4)c4ccc([nH]4)c(-c4ccccc4)c4nc(c(-c5ccccc5)c5ccc2[nH]5)C=C4)C=C3)cc1O. The third-order valence-electron chi connectivity index (χ3n) is 9.40. The van der Waals surface area contributed by atoms with Gasteiger partial charge in [-0.1, -0.05) is 91.0 Å². The van der Waals surface area contributed by atoms with E-state index >= 15 is 0 Å². The van der Waals surface area contributed by atoms with Crippen molar-refractivity contribution in [1.29, 1.82) is 0 Å². The molecule has 3 aromatic heterocycles. The lowest BCUT2D eigenvalue weighted by atomic mass is 10.0. The number of benzene rings is 4. The number of nitro benzene ring substituents is 1. The second-order valence-corrected chi connectivity index (χ2v) is 12.6. The average Bonchev–Trinajstić information content (AvgIpc) is 4.01. The highest BCUT2D eigenvalue weighted by Crippen LogP contribution is 2.39. The fourth-order valence-corrected chi connectivity index (χ4v) is 7.07. The molecule has 8 heteroatoms. The van der Waals surface area contributed by atoms with Crippen LogP contribution in [-0.4, -0.2) is 30.0 Å². The molecule has 0 radical (unpaired) electrons. The van der Waals surface area contributed by atoms with Crippen molar-refractivity contribution in [3.05, 3.63) is 166 Å². The Morgan fingerprint density at radius 2 is 0.808 bits per heavy atom. The molecule has 3 N–H and O–H groups in total. The predicted octanol–water partition coefficient (Wildman–Crippen LogP) is 10.9. The van der Waals surface area contributed by atoms with Crippen LogP contribution in [0.5, 0.6) is 5.75 Å². The molecule has 5 heterocycles. The molecular formula is C44H29N5O3. The number of H-pyrrole nitrogens is 2. The van der Waals surface area contributed by atoms with Gasteiger partial charge in [-0.05, 0) is 83.0 Å². The van der Waals surface area contributed by atoms with E-state index in [4.69, 9.17) is 9.97 Å². The lowest BCUT2D eigenvalue weighted by Gasteiger charge is -2.07. The third kappa shape index (κ3) is 5.35. The van der Waals surface area contributed by atoms with Gasteiger partial charge >= 0.3 is 5.69 Å². The Labute approximate surface area is 297 Å². The Hall–Kier alpha value is -7.32. The maximum Gasteiger partial charge on any atom is 0.310 e. The number of fused-ring (bicyclic) bond motifs is 8. The van der Waals surface area contributed by atoms with Crippen LogP contribution in [-0.2, 0) is 0 Å². The van der Waals surface area contributed by atoms with Crippen LogP contribution in [0, 0.1) is 10.1 Å². The molecule has 0 amide bonds. The maximum atomic E-state index is 11.6. The van der Waals surface area contributed by atoms with Crippen LogP contribution in [0.2, 0.25) is 0 Å². The van der Waals surface area contributed by atoms with Crippen molar-refractivity contribution < 1.29 is 10.0 Å². The van der Waals surface area contributed by atoms with Crippen LogP contribution < -0.4 is 0 Å². The molecule has 0 atom stereocenters. The second kappa shape index (κ2) is 12.5. The van der Waals surface area contributed by atoms with E-state index in [1.54, 1.807) is 6.07 Å². The molecule has 8 bridgehead atoms. The molecule has 248 valence electrons. The lowest BCUT2D eigenvalue weighted by molar-refractivity contribution is -0.385. The summed E-state index contributed by atoms with van der Waals surface area (Å²) in [6, 6.07) is 43.1. The highest BCUT2D eigenvalue weighted by Gasteiger charge is 2.20. The van der Waals surface area contributed by atoms with E-state index in [1.807, 2.05) is 85.0 Å². The molecule has 0 saturated heterocycles. The third-order valence-corrected chi connectivity index (χ3v) is 9.40. The van der Waals surface area contributed by atoms with Gasteiger partial charge in [-0.15, -0.1) is 0 Å². The minimum atomic E-state index is -0.594. The average molecular weight is 676 g/mol. The minimum absolute atomic E-state index is 0.368. The summed E-state index contributed by atoms with van der Waals surface area (Å²) in [5, 5.41) is 22.4. The summed E-state index contributed by atoms with van der Waals surface area (Å²) in [5.41, 5.74) is 13.0. The van der Waals surface area contributed by atoms with E-state index in [2.05, 4.69) is 64.6 Å². The second-order valence-electron chi connectivity index (χ2n) is 12.6. The molecule has 2 aliphatic rings. The molecule has 7 aromatic rings. The number of nitro groups is 1. The molecule has 4 aromatic carbocycles. The summed E-state index contributed by atoms with van der Waals surface area (Å²) in [4.78, 5) is 28.9. The van der Waals surface area contributed by atoms with Crippen molar-refractivity contribution in [2.75, 3.05) is 0 Å². The number of aromatic nitrogens is 4. The van der Waals surface area contributed by atoms with E-state index in [0.29, 0.717) is 16.8 Å². The zero-order chi connectivity index (χ0) is 35.2.